The van der Waals surface area contributed by atoms with Gasteiger partial charge in [-0.1, -0.05) is 0 Å². The lowest BCUT2D eigenvalue weighted by atomic mass is 10.1. The van der Waals surface area contributed by atoms with E-state index in [1.165, 1.54) is 4.31 Å². The third-order valence-electron chi connectivity index (χ3n) is 5.34. The zero-order valence-electron chi connectivity index (χ0n) is 16.2. The van der Waals surface area contributed by atoms with Crippen LogP contribution in [0.1, 0.15) is 19.4 Å². The fraction of sp³-hybridized carbons (Fsp3) is 0.667. The fourth-order valence-corrected chi connectivity index (χ4v) is 5.69. The number of rotatable bonds is 4. The van der Waals surface area contributed by atoms with Crippen LogP contribution in [0.4, 0.5) is 0 Å². The first-order valence-electron chi connectivity index (χ1n) is 9.57. The van der Waals surface area contributed by atoms with E-state index in [1.807, 2.05) is 13.8 Å². The summed E-state index contributed by atoms with van der Waals surface area (Å²) < 4.78 is 45.3. The molecule has 0 bridgehead atoms. The molecule has 0 saturated carbocycles. The number of morpholine rings is 1. The average molecular weight is 413 g/mol. The van der Waals surface area contributed by atoms with Crippen molar-refractivity contribution in [2.75, 3.05) is 46.1 Å². The van der Waals surface area contributed by atoms with E-state index in [2.05, 4.69) is 4.90 Å². The highest BCUT2D eigenvalue weighted by atomic mass is 32.2. The topological polar surface area (TPSA) is 91.8 Å². The summed E-state index contributed by atoms with van der Waals surface area (Å²) in [5.41, 5.74) is 0.747. The summed E-state index contributed by atoms with van der Waals surface area (Å²) in [6.45, 7) is 7.31. The minimum absolute atomic E-state index is 0.103. The van der Waals surface area contributed by atoms with Gasteiger partial charge in [0.05, 0.1) is 12.2 Å². The number of nitrogens with zero attached hydrogens (tertiary/aromatic N) is 3. The quantitative estimate of drug-likeness (QED) is 0.773. The Morgan fingerprint density at radius 1 is 1.00 bits per heavy atom. The Labute approximate surface area is 165 Å². The van der Waals surface area contributed by atoms with Crippen LogP contribution in [0, 0.1) is 0 Å². The van der Waals surface area contributed by atoms with Crippen LogP contribution < -0.4 is 9.47 Å². The van der Waals surface area contributed by atoms with Crippen molar-refractivity contribution in [1.82, 2.24) is 13.5 Å². The highest BCUT2D eigenvalue weighted by Crippen LogP contribution is 2.38. The fourth-order valence-electron chi connectivity index (χ4n) is 3.94. The Morgan fingerprint density at radius 2 is 1.61 bits per heavy atom. The Hall–Kier alpha value is -1.59. The van der Waals surface area contributed by atoms with E-state index in [4.69, 9.17) is 14.2 Å². The molecule has 156 valence electrons. The number of benzene rings is 1. The molecule has 2 fully saturated rings. The maximum absolute atomic E-state index is 13.0. The number of piperazine rings is 1. The van der Waals surface area contributed by atoms with Crippen LogP contribution in [-0.2, 0) is 21.5 Å². The lowest BCUT2D eigenvalue weighted by Gasteiger charge is -2.40. The van der Waals surface area contributed by atoms with Gasteiger partial charge in [-0.25, -0.2) is 0 Å². The van der Waals surface area contributed by atoms with Gasteiger partial charge in [-0.2, -0.15) is 17.0 Å². The van der Waals surface area contributed by atoms with Crippen LogP contribution in [0.3, 0.4) is 0 Å². The summed E-state index contributed by atoms with van der Waals surface area (Å²) in [5, 5.41) is 10.2. The van der Waals surface area contributed by atoms with Crippen molar-refractivity contribution in [3.05, 3.63) is 17.7 Å². The van der Waals surface area contributed by atoms with Crippen LogP contribution in [0.25, 0.3) is 0 Å². The second-order valence-corrected chi connectivity index (χ2v) is 9.52. The predicted octanol–water partition coefficient (Wildman–Crippen LogP) is 0.593. The lowest BCUT2D eigenvalue weighted by Crippen LogP contribution is -2.57. The smallest absolute Gasteiger partial charge is 0.282 e. The Bertz CT molecular complexity index is 815. The van der Waals surface area contributed by atoms with Gasteiger partial charge in [0.2, 0.25) is 6.79 Å². The zero-order valence-corrected chi connectivity index (χ0v) is 17.0. The Kier molecular flexibility index (Phi) is 5.41. The molecule has 2 unspecified atom stereocenters. The van der Waals surface area contributed by atoms with Gasteiger partial charge in [0.25, 0.3) is 10.2 Å². The van der Waals surface area contributed by atoms with Gasteiger partial charge in [0.15, 0.2) is 11.5 Å². The molecule has 0 amide bonds. The molecular weight excluding hydrogens is 386 g/mol. The SMILES string of the molecule is CC1CN(S(=O)(=O)N2CCN(Cc3cc4c(cc3O)OCO4)CC2)CC(C)O1. The maximum atomic E-state index is 13.0. The maximum Gasteiger partial charge on any atom is 0.282 e. The van der Waals surface area contributed by atoms with Gasteiger partial charge in [-0.3, -0.25) is 4.90 Å². The second kappa shape index (κ2) is 7.68. The molecule has 3 aliphatic rings. The number of hydrogen-bond donors (Lipinski definition) is 1. The van der Waals surface area contributed by atoms with E-state index in [1.54, 1.807) is 16.4 Å². The van der Waals surface area contributed by atoms with Crippen molar-refractivity contribution in [3.63, 3.8) is 0 Å². The molecule has 0 radical (unpaired) electrons. The van der Waals surface area contributed by atoms with E-state index in [9.17, 15) is 13.5 Å². The predicted molar refractivity (Wildman–Crippen MR) is 102 cm³/mol. The standard InChI is InChI=1S/C18H27N3O6S/c1-13-9-21(10-14(2)27-13)28(23,24)20-5-3-19(4-6-20)11-15-7-17-18(8-16(15)22)26-12-25-17/h7-8,13-14,22H,3-6,9-12H2,1-2H3. The highest BCUT2D eigenvalue weighted by Gasteiger charge is 2.36. The van der Waals surface area contributed by atoms with Crippen LogP contribution in [0.2, 0.25) is 0 Å². The zero-order chi connectivity index (χ0) is 19.9. The molecular formula is C18H27N3O6S. The first-order valence-corrected chi connectivity index (χ1v) is 11.0. The molecule has 2 atom stereocenters. The molecule has 0 aromatic heterocycles. The van der Waals surface area contributed by atoms with Crippen molar-refractivity contribution >= 4 is 10.2 Å². The van der Waals surface area contributed by atoms with Gasteiger partial charge >= 0.3 is 0 Å². The molecule has 4 rings (SSSR count). The molecule has 0 spiro atoms. The monoisotopic (exact) mass is 413 g/mol. The van der Waals surface area contributed by atoms with E-state index in [0.29, 0.717) is 57.3 Å². The van der Waals surface area contributed by atoms with Gasteiger partial charge < -0.3 is 19.3 Å². The van der Waals surface area contributed by atoms with Crippen molar-refractivity contribution in [1.29, 1.82) is 0 Å². The third kappa shape index (κ3) is 3.92. The van der Waals surface area contributed by atoms with Crippen LogP contribution in [-0.4, -0.2) is 85.3 Å². The molecule has 9 nitrogen and oxygen atoms in total. The molecule has 3 heterocycles. The molecule has 1 aromatic rings. The number of fused-ring (bicyclic) bond motifs is 1. The minimum Gasteiger partial charge on any atom is -0.507 e. The average Bonchev–Trinajstić information content (AvgIpc) is 3.09. The van der Waals surface area contributed by atoms with Crippen molar-refractivity contribution < 1.29 is 27.7 Å². The van der Waals surface area contributed by atoms with E-state index < -0.39 is 10.2 Å². The van der Waals surface area contributed by atoms with E-state index >= 15 is 0 Å². The summed E-state index contributed by atoms with van der Waals surface area (Å²) >= 11 is 0. The molecule has 0 aliphatic carbocycles. The molecule has 1 aromatic carbocycles. The van der Waals surface area contributed by atoms with Crippen molar-refractivity contribution in [3.8, 4) is 17.2 Å². The molecule has 28 heavy (non-hydrogen) atoms. The molecule has 3 aliphatic heterocycles. The highest BCUT2D eigenvalue weighted by molar-refractivity contribution is 7.86. The summed E-state index contributed by atoms with van der Waals surface area (Å²) in [7, 11) is -3.49. The van der Waals surface area contributed by atoms with Crippen LogP contribution in [0.15, 0.2) is 12.1 Å². The van der Waals surface area contributed by atoms with Gasteiger partial charge in [0.1, 0.15) is 5.75 Å². The number of phenols is 1. The van der Waals surface area contributed by atoms with Crippen LogP contribution >= 0.6 is 0 Å². The lowest BCUT2D eigenvalue weighted by molar-refractivity contribution is -0.0457. The number of aromatic hydroxyl groups is 1. The molecule has 1 N–H and O–H groups in total. The third-order valence-corrected chi connectivity index (χ3v) is 7.31. The van der Waals surface area contributed by atoms with Gasteiger partial charge in [0, 0.05) is 57.4 Å². The minimum atomic E-state index is -3.49. The second-order valence-electron chi connectivity index (χ2n) is 7.59. The largest absolute Gasteiger partial charge is 0.507 e. The van der Waals surface area contributed by atoms with E-state index in [0.717, 1.165) is 5.56 Å². The number of hydrogen-bond acceptors (Lipinski definition) is 7. The first-order chi connectivity index (χ1) is 13.3. The Balaban J connectivity index is 1.37. The normalized spacial score (nSPS) is 27.2. The molecule has 2 saturated heterocycles. The van der Waals surface area contributed by atoms with Gasteiger partial charge in [-0.05, 0) is 19.9 Å². The summed E-state index contributed by atoms with van der Waals surface area (Å²) in [5.74, 6) is 1.34. The number of ether oxygens (including phenoxy) is 3. The summed E-state index contributed by atoms with van der Waals surface area (Å²) in [6.07, 6.45) is -0.206. The van der Waals surface area contributed by atoms with Crippen molar-refractivity contribution in [2.24, 2.45) is 0 Å². The van der Waals surface area contributed by atoms with Crippen molar-refractivity contribution in [2.45, 2.75) is 32.6 Å². The Morgan fingerprint density at radius 3 is 2.25 bits per heavy atom. The molecule has 10 heteroatoms. The van der Waals surface area contributed by atoms with Gasteiger partial charge in [-0.15, -0.1) is 0 Å². The first kappa shape index (κ1) is 19.7. The summed E-state index contributed by atoms with van der Waals surface area (Å²) in [4.78, 5) is 2.13. The number of phenolic OH excluding ortho intramolecular Hbond substituents is 1. The van der Waals surface area contributed by atoms with Crippen LogP contribution in [0.5, 0.6) is 17.2 Å². The van der Waals surface area contributed by atoms with E-state index in [-0.39, 0.29) is 24.8 Å². The summed E-state index contributed by atoms with van der Waals surface area (Å²) in [6, 6.07) is 3.36.